The highest BCUT2D eigenvalue weighted by Crippen LogP contribution is 2.17. The molecule has 0 saturated carbocycles. The molecule has 18 heavy (non-hydrogen) atoms. The van der Waals surface area contributed by atoms with E-state index >= 15 is 0 Å². The van der Waals surface area contributed by atoms with Crippen molar-refractivity contribution >= 4 is 5.91 Å². The van der Waals surface area contributed by atoms with Crippen LogP contribution in [-0.4, -0.2) is 42.5 Å². The lowest BCUT2D eigenvalue weighted by Crippen LogP contribution is -2.40. The summed E-state index contributed by atoms with van der Waals surface area (Å²) >= 11 is 0. The molecule has 1 amide bonds. The summed E-state index contributed by atoms with van der Waals surface area (Å²) < 4.78 is 18.1. The van der Waals surface area contributed by atoms with Gasteiger partial charge in [-0.1, -0.05) is 6.07 Å². The van der Waals surface area contributed by atoms with Gasteiger partial charge < -0.3 is 20.3 Å². The van der Waals surface area contributed by atoms with E-state index in [1.165, 1.54) is 19.2 Å². The summed E-state index contributed by atoms with van der Waals surface area (Å²) in [4.78, 5) is 11.5. The molecule has 6 heteroatoms. The van der Waals surface area contributed by atoms with E-state index in [0.717, 1.165) is 0 Å². The van der Waals surface area contributed by atoms with Crippen LogP contribution in [0.4, 0.5) is 4.39 Å². The van der Waals surface area contributed by atoms with E-state index in [1.54, 1.807) is 6.07 Å². The number of ether oxygens (including phenoxy) is 1. The number of halogens is 1. The Morgan fingerprint density at radius 3 is 2.61 bits per heavy atom. The molecule has 0 heterocycles. The number of carbonyl (C=O) groups is 1. The maximum Gasteiger partial charge on any atom is 0.224 e. The molecule has 0 bridgehead atoms. The Bertz CT molecular complexity index is 407. The molecule has 0 aliphatic heterocycles. The van der Waals surface area contributed by atoms with E-state index in [2.05, 4.69) is 5.32 Å². The van der Waals surface area contributed by atoms with Crippen LogP contribution < -0.4 is 10.1 Å². The summed E-state index contributed by atoms with van der Waals surface area (Å²) in [5.41, 5.74) is 0.487. The van der Waals surface area contributed by atoms with E-state index in [4.69, 9.17) is 14.9 Å². The largest absolute Gasteiger partial charge is 0.494 e. The summed E-state index contributed by atoms with van der Waals surface area (Å²) in [7, 11) is 1.36. The monoisotopic (exact) mass is 257 g/mol. The van der Waals surface area contributed by atoms with Gasteiger partial charge in [-0.2, -0.15) is 0 Å². The Morgan fingerprint density at radius 1 is 1.44 bits per heavy atom. The molecule has 0 fully saturated rings. The summed E-state index contributed by atoms with van der Waals surface area (Å²) in [6, 6.07) is 3.54. The molecule has 0 aliphatic rings. The van der Waals surface area contributed by atoms with Gasteiger partial charge in [0.25, 0.3) is 0 Å². The lowest BCUT2D eigenvalue weighted by molar-refractivity contribution is -0.121. The summed E-state index contributed by atoms with van der Waals surface area (Å²) in [5.74, 6) is -0.820. The van der Waals surface area contributed by atoms with E-state index in [9.17, 15) is 9.18 Å². The van der Waals surface area contributed by atoms with E-state index < -0.39 is 17.8 Å². The molecular formula is C12H16FNO4. The van der Waals surface area contributed by atoms with Gasteiger partial charge in [0.2, 0.25) is 5.91 Å². The SMILES string of the molecule is COc1ccc(CC(=O)NC(CO)CO)cc1F. The van der Waals surface area contributed by atoms with Gasteiger partial charge in [0, 0.05) is 0 Å². The third kappa shape index (κ3) is 3.97. The lowest BCUT2D eigenvalue weighted by Gasteiger charge is -2.13. The number of rotatable bonds is 6. The fraction of sp³-hybridized carbons (Fsp3) is 0.417. The first-order valence-corrected chi connectivity index (χ1v) is 5.44. The Hall–Kier alpha value is -1.66. The van der Waals surface area contributed by atoms with Crippen molar-refractivity contribution in [3.05, 3.63) is 29.6 Å². The maximum atomic E-state index is 13.4. The van der Waals surface area contributed by atoms with Crippen LogP contribution >= 0.6 is 0 Å². The highest BCUT2D eigenvalue weighted by Gasteiger charge is 2.11. The Kier molecular flexibility index (Phi) is 5.54. The number of methoxy groups -OCH3 is 1. The molecule has 1 rings (SSSR count). The summed E-state index contributed by atoms with van der Waals surface area (Å²) in [6.07, 6.45) is -0.0303. The number of benzene rings is 1. The van der Waals surface area contributed by atoms with Gasteiger partial charge in [0.1, 0.15) is 0 Å². The minimum absolute atomic E-state index is 0.0303. The number of hydrogen-bond acceptors (Lipinski definition) is 4. The van der Waals surface area contributed by atoms with Crippen molar-refractivity contribution in [1.82, 2.24) is 5.32 Å². The normalized spacial score (nSPS) is 10.5. The second kappa shape index (κ2) is 6.93. The molecule has 0 radical (unpaired) electrons. The van der Waals surface area contributed by atoms with Gasteiger partial charge in [-0.3, -0.25) is 4.79 Å². The van der Waals surface area contributed by atoms with Crippen LogP contribution in [0.5, 0.6) is 5.75 Å². The molecule has 1 aromatic carbocycles. The first-order valence-electron chi connectivity index (χ1n) is 5.44. The number of aliphatic hydroxyl groups excluding tert-OH is 2. The molecule has 0 unspecified atom stereocenters. The molecule has 0 spiro atoms. The van der Waals surface area contributed by atoms with E-state index in [1.807, 2.05) is 0 Å². The fourth-order valence-electron chi connectivity index (χ4n) is 1.43. The number of hydrogen-bond donors (Lipinski definition) is 3. The number of aliphatic hydroxyl groups is 2. The maximum absolute atomic E-state index is 13.4. The van der Waals surface area contributed by atoms with E-state index in [0.29, 0.717) is 5.56 Å². The molecule has 100 valence electrons. The highest BCUT2D eigenvalue weighted by atomic mass is 19.1. The standard InChI is InChI=1S/C12H16FNO4/c1-18-11-3-2-8(4-10(11)13)5-12(17)14-9(6-15)7-16/h2-4,9,15-16H,5-7H2,1H3,(H,14,17). The third-order valence-electron chi connectivity index (χ3n) is 2.39. The van der Waals surface area contributed by atoms with Crippen LogP contribution in [0, 0.1) is 5.82 Å². The van der Waals surface area contributed by atoms with Crippen molar-refractivity contribution in [1.29, 1.82) is 0 Å². The second-order valence-corrected chi connectivity index (χ2v) is 3.78. The van der Waals surface area contributed by atoms with Crippen molar-refractivity contribution in [2.45, 2.75) is 12.5 Å². The number of amides is 1. The topological polar surface area (TPSA) is 78.8 Å². The Morgan fingerprint density at radius 2 is 2.11 bits per heavy atom. The molecule has 5 nitrogen and oxygen atoms in total. The smallest absolute Gasteiger partial charge is 0.224 e. The van der Waals surface area contributed by atoms with Crippen LogP contribution in [0.1, 0.15) is 5.56 Å². The number of nitrogens with one attached hydrogen (secondary N) is 1. The minimum Gasteiger partial charge on any atom is -0.494 e. The first kappa shape index (κ1) is 14.4. The molecular weight excluding hydrogens is 241 g/mol. The Balaban J connectivity index is 2.62. The first-order chi connectivity index (χ1) is 8.60. The average Bonchev–Trinajstić information content (AvgIpc) is 2.36. The van der Waals surface area contributed by atoms with Crippen molar-refractivity contribution < 1.29 is 24.1 Å². The van der Waals surface area contributed by atoms with Gasteiger partial charge >= 0.3 is 0 Å². The van der Waals surface area contributed by atoms with Gasteiger partial charge in [0.05, 0.1) is 32.8 Å². The van der Waals surface area contributed by atoms with Crippen molar-refractivity contribution in [2.75, 3.05) is 20.3 Å². The Labute approximate surface area is 104 Å². The van der Waals surface area contributed by atoms with Crippen LogP contribution in [-0.2, 0) is 11.2 Å². The zero-order chi connectivity index (χ0) is 13.5. The molecule has 1 aromatic rings. The van der Waals surface area contributed by atoms with Crippen LogP contribution in [0.15, 0.2) is 18.2 Å². The van der Waals surface area contributed by atoms with Crippen LogP contribution in [0.2, 0.25) is 0 Å². The summed E-state index contributed by atoms with van der Waals surface area (Å²) in [6.45, 7) is -0.696. The average molecular weight is 257 g/mol. The fourth-order valence-corrected chi connectivity index (χ4v) is 1.43. The van der Waals surface area contributed by atoms with Crippen molar-refractivity contribution in [2.24, 2.45) is 0 Å². The quantitative estimate of drug-likeness (QED) is 0.662. The zero-order valence-corrected chi connectivity index (χ0v) is 10.0. The van der Waals surface area contributed by atoms with Gasteiger partial charge in [-0.25, -0.2) is 4.39 Å². The highest BCUT2D eigenvalue weighted by molar-refractivity contribution is 5.78. The predicted molar refractivity (Wildman–Crippen MR) is 62.8 cm³/mol. The van der Waals surface area contributed by atoms with E-state index in [-0.39, 0.29) is 25.4 Å². The van der Waals surface area contributed by atoms with Gasteiger partial charge in [-0.15, -0.1) is 0 Å². The van der Waals surface area contributed by atoms with Gasteiger partial charge in [0.15, 0.2) is 11.6 Å². The van der Waals surface area contributed by atoms with Crippen molar-refractivity contribution in [3.8, 4) is 5.75 Å². The van der Waals surface area contributed by atoms with Crippen LogP contribution in [0.25, 0.3) is 0 Å². The predicted octanol–water partition coefficient (Wildman–Crippen LogP) is -0.154. The molecule has 3 N–H and O–H groups in total. The third-order valence-corrected chi connectivity index (χ3v) is 2.39. The molecule has 0 saturated heterocycles. The van der Waals surface area contributed by atoms with Crippen LogP contribution in [0.3, 0.4) is 0 Å². The lowest BCUT2D eigenvalue weighted by atomic mass is 10.1. The minimum atomic E-state index is -0.694. The zero-order valence-electron chi connectivity index (χ0n) is 10.0. The van der Waals surface area contributed by atoms with Crippen molar-refractivity contribution in [3.63, 3.8) is 0 Å². The molecule has 0 atom stereocenters. The van der Waals surface area contributed by atoms with Gasteiger partial charge in [-0.05, 0) is 17.7 Å². The number of carbonyl (C=O) groups excluding carboxylic acids is 1. The molecule has 0 aromatic heterocycles. The summed E-state index contributed by atoms with van der Waals surface area (Å²) in [5, 5.41) is 20.0. The second-order valence-electron chi connectivity index (χ2n) is 3.78. The molecule has 0 aliphatic carbocycles.